The predicted molar refractivity (Wildman–Crippen MR) is 148 cm³/mol. The molecular formula is C25H40N5O12P. The predicted octanol–water partition coefficient (Wildman–Crippen LogP) is 0.803. The Balaban J connectivity index is 1.85. The number of nitrogens with zero attached hydrogens (tertiary/aromatic N) is 4. The molecule has 1 fully saturated rings. The molecule has 3 heterocycles. The van der Waals surface area contributed by atoms with Gasteiger partial charge in [0.25, 0.3) is 0 Å². The summed E-state index contributed by atoms with van der Waals surface area (Å²) in [4.78, 5) is 37.3. The molecule has 1 aliphatic heterocycles. The van der Waals surface area contributed by atoms with Crippen molar-refractivity contribution in [3.05, 3.63) is 12.2 Å². The lowest BCUT2D eigenvalue weighted by Gasteiger charge is -2.28. The van der Waals surface area contributed by atoms with Gasteiger partial charge in [0, 0.05) is 0 Å². The minimum Gasteiger partial charge on any atom is -0.479 e. The summed E-state index contributed by atoms with van der Waals surface area (Å²) in [6, 6.07) is -1.34. The van der Waals surface area contributed by atoms with Gasteiger partial charge in [-0.25, -0.2) is 24.4 Å². The molecule has 3 N–H and O–H groups in total. The molecule has 43 heavy (non-hydrogen) atoms. The highest BCUT2D eigenvalue weighted by Gasteiger charge is 2.54. The van der Waals surface area contributed by atoms with E-state index in [0.29, 0.717) is 11.3 Å². The van der Waals surface area contributed by atoms with E-state index >= 15 is 0 Å². The number of aliphatic hydroxyl groups is 2. The number of hydrogen-bond acceptors (Lipinski definition) is 15. The minimum absolute atomic E-state index is 0.0445. The van der Waals surface area contributed by atoms with Crippen molar-refractivity contribution in [2.24, 2.45) is 0 Å². The number of aliphatic hydroxyl groups excluding tert-OH is 1. The number of fused-ring (bicyclic) bond motifs is 1. The molecule has 0 aliphatic carbocycles. The Labute approximate surface area is 248 Å². The normalized spacial score (nSPS) is 24.5. The summed E-state index contributed by atoms with van der Waals surface area (Å²) in [6.45, 7) is 8.18. The van der Waals surface area contributed by atoms with Gasteiger partial charge in [0.1, 0.15) is 29.7 Å². The van der Waals surface area contributed by atoms with Gasteiger partial charge in [0.2, 0.25) is 5.88 Å². The topological polar surface area (TPSA) is 212 Å². The summed E-state index contributed by atoms with van der Waals surface area (Å²) in [7, 11) is -1.96. The van der Waals surface area contributed by atoms with Gasteiger partial charge in [-0.3, -0.25) is 18.4 Å². The second-order valence-electron chi connectivity index (χ2n) is 10.8. The molecule has 242 valence electrons. The average Bonchev–Trinajstić information content (AvgIpc) is 3.45. The number of ether oxygens (including phenoxy) is 5. The first-order valence-electron chi connectivity index (χ1n) is 13.4. The van der Waals surface area contributed by atoms with Crippen LogP contribution in [0.5, 0.6) is 5.88 Å². The molecule has 18 heteroatoms. The number of hydrogen-bond donors (Lipinski definition) is 3. The van der Waals surface area contributed by atoms with Crippen LogP contribution < -0.4 is 9.82 Å². The number of rotatable bonds is 14. The van der Waals surface area contributed by atoms with E-state index in [1.165, 1.54) is 24.9 Å². The van der Waals surface area contributed by atoms with Crippen LogP contribution in [0.25, 0.3) is 11.2 Å². The molecule has 0 radical (unpaired) electrons. The maximum Gasteiger partial charge on any atom is 0.407 e. The van der Waals surface area contributed by atoms with E-state index in [1.54, 1.807) is 34.6 Å². The molecule has 2 unspecified atom stereocenters. The summed E-state index contributed by atoms with van der Waals surface area (Å²) in [6.07, 6.45) is -2.72. The van der Waals surface area contributed by atoms with Crippen molar-refractivity contribution in [1.29, 1.82) is 0 Å². The lowest BCUT2D eigenvalue weighted by molar-refractivity contribution is -0.146. The van der Waals surface area contributed by atoms with Crippen molar-refractivity contribution in [3.63, 3.8) is 0 Å². The summed E-state index contributed by atoms with van der Waals surface area (Å²) in [5.74, 6) is -1.10. The van der Waals surface area contributed by atoms with Gasteiger partial charge in [-0.1, -0.05) is 0 Å². The van der Waals surface area contributed by atoms with Crippen molar-refractivity contribution < 1.29 is 57.1 Å². The Bertz CT molecular complexity index is 1330. The van der Waals surface area contributed by atoms with Crippen molar-refractivity contribution >= 4 is 30.8 Å². The minimum atomic E-state index is -4.52. The third-order valence-corrected chi connectivity index (χ3v) is 7.84. The van der Waals surface area contributed by atoms with Crippen LogP contribution in [0.1, 0.15) is 46.7 Å². The van der Waals surface area contributed by atoms with Gasteiger partial charge in [0.15, 0.2) is 24.0 Å². The average molecular weight is 634 g/mol. The molecule has 3 rings (SSSR count). The Morgan fingerprint density at radius 3 is 2.56 bits per heavy atom. The molecule has 0 saturated carbocycles. The smallest absolute Gasteiger partial charge is 0.407 e. The van der Waals surface area contributed by atoms with E-state index in [2.05, 4.69) is 20.0 Å². The Morgan fingerprint density at radius 2 is 1.95 bits per heavy atom. The van der Waals surface area contributed by atoms with Crippen molar-refractivity contribution in [3.8, 4) is 5.88 Å². The zero-order chi connectivity index (χ0) is 32.2. The van der Waals surface area contributed by atoms with E-state index in [4.69, 9.17) is 32.7 Å². The molecule has 0 aromatic carbocycles. The molecule has 2 aromatic heterocycles. The van der Waals surface area contributed by atoms with E-state index in [0.717, 1.165) is 7.11 Å². The highest BCUT2D eigenvalue weighted by atomic mass is 31.2. The molecular weight excluding hydrogens is 593 g/mol. The SMILES string of the molecule is CCOC(=O)COP(=O)(N[C@@H](COC(C)(C)C)C(=O)OC)OC[C@H]1O[C@@H](n2cnc3c(OC)nc(C)nc32)[C@@](C)(O)C1O. The summed E-state index contributed by atoms with van der Waals surface area (Å²) >= 11 is 0. The van der Waals surface area contributed by atoms with E-state index in [1.807, 2.05) is 0 Å². The lowest BCUT2D eigenvalue weighted by Crippen LogP contribution is -2.45. The van der Waals surface area contributed by atoms with Crippen LogP contribution >= 0.6 is 7.75 Å². The van der Waals surface area contributed by atoms with Crippen molar-refractivity contribution in [2.45, 2.75) is 77.2 Å². The fourth-order valence-electron chi connectivity index (χ4n) is 4.13. The van der Waals surface area contributed by atoms with Gasteiger partial charge in [-0.05, 0) is 41.5 Å². The molecule has 0 bridgehead atoms. The number of aromatic nitrogens is 4. The van der Waals surface area contributed by atoms with Gasteiger partial charge in [-0.2, -0.15) is 4.98 Å². The highest BCUT2D eigenvalue weighted by Crippen LogP contribution is 2.47. The largest absolute Gasteiger partial charge is 0.479 e. The van der Waals surface area contributed by atoms with Crippen LogP contribution in [0.3, 0.4) is 0 Å². The summed E-state index contributed by atoms with van der Waals surface area (Å²) < 4.78 is 52.6. The van der Waals surface area contributed by atoms with E-state index < -0.39 is 68.6 Å². The Morgan fingerprint density at radius 1 is 1.26 bits per heavy atom. The molecule has 0 amide bonds. The summed E-state index contributed by atoms with van der Waals surface area (Å²) in [5, 5.41) is 24.7. The van der Waals surface area contributed by atoms with Gasteiger partial charge in [0.05, 0.1) is 46.0 Å². The zero-order valence-corrected chi connectivity index (χ0v) is 26.3. The first kappa shape index (κ1) is 34.7. The first-order chi connectivity index (χ1) is 20.0. The lowest BCUT2D eigenvalue weighted by atomic mass is 9.96. The van der Waals surface area contributed by atoms with E-state index in [9.17, 15) is 24.4 Å². The van der Waals surface area contributed by atoms with Gasteiger partial charge < -0.3 is 33.9 Å². The fourth-order valence-corrected chi connectivity index (χ4v) is 5.54. The monoisotopic (exact) mass is 633 g/mol. The summed E-state index contributed by atoms with van der Waals surface area (Å²) in [5.41, 5.74) is -2.01. The maximum atomic E-state index is 13.8. The number of methoxy groups -OCH3 is 2. The maximum absolute atomic E-state index is 13.8. The number of esters is 2. The molecule has 6 atom stereocenters. The first-order valence-corrected chi connectivity index (χ1v) is 14.9. The molecule has 1 saturated heterocycles. The highest BCUT2D eigenvalue weighted by molar-refractivity contribution is 7.51. The molecule has 17 nitrogen and oxygen atoms in total. The van der Waals surface area contributed by atoms with Crippen LogP contribution in [-0.4, -0.2) is 112 Å². The zero-order valence-electron chi connectivity index (χ0n) is 25.4. The van der Waals surface area contributed by atoms with Crippen LogP contribution in [-0.2, 0) is 42.1 Å². The van der Waals surface area contributed by atoms with Crippen LogP contribution in [0, 0.1) is 6.92 Å². The molecule has 2 aromatic rings. The Hall–Kier alpha value is -2.76. The van der Waals surface area contributed by atoms with Crippen molar-refractivity contribution in [2.75, 3.05) is 40.6 Å². The number of carbonyl (C=O) groups is 2. The third kappa shape index (κ3) is 8.45. The Kier molecular flexibility index (Phi) is 11.2. The van der Waals surface area contributed by atoms with Crippen molar-refractivity contribution in [1.82, 2.24) is 24.6 Å². The second-order valence-corrected chi connectivity index (χ2v) is 12.6. The number of carbonyl (C=O) groups excluding carboxylic acids is 2. The fraction of sp³-hybridized carbons (Fsp3) is 0.720. The van der Waals surface area contributed by atoms with Gasteiger partial charge >= 0.3 is 19.7 Å². The molecule has 0 spiro atoms. The molecule has 1 aliphatic rings. The van der Waals surface area contributed by atoms with Crippen LogP contribution in [0.15, 0.2) is 6.33 Å². The van der Waals surface area contributed by atoms with Crippen LogP contribution in [0.4, 0.5) is 0 Å². The number of nitrogens with one attached hydrogen (secondary N) is 1. The number of imidazole rings is 1. The number of aryl methyl sites for hydroxylation is 1. The van der Waals surface area contributed by atoms with Crippen LogP contribution in [0.2, 0.25) is 0 Å². The third-order valence-electron chi connectivity index (χ3n) is 6.25. The van der Waals surface area contributed by atoms with Gasteiger partial charge in [-0.15, -0.1) is 0 Å². The van der Waals surface area contributed by atoms with E-state index in [-0.39, 0.29) is 24.7 Å². The second kappa shape index (κ2) is 13.9. The standard InChI is InChI=1S/C25H40N5O12P/c1-9-38-17(31)12-41-43(35,29-15(22(33)37-8)10-39-24(3,4)5)40-11-16-19(32)25(6,34)23(42-16)30-13-26-18-20(30)27-14(2)28-21(18)36-7/h13,15-16,19,23,32,34H,9-12H2,1-8H3,(H,29,35)/t15-,16+,19?,23+,25-,43?/m0/s1. The quantitative estimate of drug-likeness (QED) is 0.194.